The van der Waals surface area contributed by atoms with Crippen LogP contribution in [0.2, 0.25) is 0 Å². The monoisotopic (exact) mass is 392 g/mol. The van der Waals surface area contributed by atoms with Gasteiger partial charge in [-0.3, -0.25) is 4.99 Å². The molecule has 27 heavy (non-hydrogen) atoms. The van der Waals surface area contributed by atoms with Gasteiger partial charge in [-0.25, -0.2) is 17.8 Å². The van der Waals surface area contributed by atoms with Gasteiger partial charge in [-0.15, -0.1) is 0 Å². The second-order valence-electron chi connectivity index (χ2n) is 6.07. The summed E-state index contributed by atoms with van der Waals surface area (Å²) in [5, 5.41) is 10.7. The zero-order chi connectivity index (χ0) is 19.5. The first-order chi connectivity index (χ1) is 13.0. The number of nitrogens with zero attached hydrogens (tertiary/aromatic N) is 3. The third-order valence-electron chi connectivity index (χ3n) is 3.72. The molecule has 0 bridgehead atoms. The highest BCUT2D eigenvalue weighted by atomic mass is 32.2. The third-order valence-corrected chi connectivity index (χ3v) is 4.45. The van der Waals surface area contributed by atoms with E-state index in [0.717, 1.165) is 37.4 Å². The number of sulfonamides is 1. The summed E-state index contributed by atoms with van der Waals surface area (Å²) in [4.78, 5) is 4.46. The highest BCUT2D eigenvalue weighted by Crippen LogP contribution is 2.08. The van der Waals surface area contributed by atoms with Crippen LogP contribution >= 0.6 is 0 Å². The number of hydrogen-bond acceptors (Lipinski definition) is 4. The van der Waals surface area contributed by atoms with Crippen LogP contribution in [0, 0.1) is 0 Å². The van der Waals surface area contributed by atoms with E-state index < -0.39 is 10.0 Å². The van der Waals surface area contributed by atoms with E-state index in [1.54, 1.807) is 6.20 Å². The van der Waals surface area contributed by atoms with Crippen molar-refractivity contribution in [2.24, 2.45) is 4.99 Å². The predicted molar refractivity (Wildman–Crippen MR) is 109 cm³/mol. The van der Waals surface area contributed by atoms with Gasteiger partial charge in [-0.05, 0) is 43.5 Å². The van der Waals surface area contributed by atoms with E-state index in [0.29, 0.717) is 19.5 Å². The molecule has 0 unspecified atom stereocenters. The molecule has 0 aliphatic rings. The molecule has 0 radical (unpaired) electrons. The summed E-state index contributed by atoms with van der Waals surface area (Å²) < 4.78 is 26.3. The number of aliphatic imine (C=N–C) groups is 1. The molecule has 0 fully saturated rings. The lowest BCUT2D eigenvalue weighted by molar-refractivity contribution is 0.585. The molecule has 1 heterocycles. The van der Waals surface area contributed by atoms with Crippen LogP contribution in [-0.2, 0) is 16.4 Å². The Balaban J connectivity index is 1.75. The molecule has 0 saturated heterocycles. The van der Waals surface area contributed by atoms with Gasteiger partial charge in [-0.1, -0.05) is 12.1 Å². The van der Waals surface area contributed by atoms with Gasteiger partial charge in [0.05, 0.1) is 11.9 Å². The highest BCUT2D eigenvalue weighted by Gasteiger charge is 2.01. The van der Waals surface area contributed by atoms with Gasteiger partial charge in [0.2, 0.25) is 10.0 Å². The molecule has 0 spiro atoms. The molecule has 0 aliphatic heterocycles. The second-order valence-corrected chi connectivity index (χ2v) is 7.91. The van der Waals surface area contributed by atoms with E-state index in [1.807, 2.05) is 23.9 Å². The maximum absolute atomic E-state index is 11.0. The highest BCUT2D eigenvalue weighted by molar-refractivity contribution is 7.88. The maximum Gasteiger partial charge on any atom is 0.208 e. The average Bonchev–Trinajstić information content (AvgIpc) is 3.15. The molecule has 0 amide bonds. The van der Waals surface area contributed by atoms with Crippen molar-refractivity contribution in [2.45, 2.75) is 19.8 Å². The van der Waals surface area contributed by atoms with Gasteiger partial charge in [-0.2, -0.15) is 5.10 Å². The van der Waals surface area contributed by atoms with Crippen molar-refractivity contribution in [2.75, 3.05) is 32.4 Å². The van der Waals surface area contributed by atoms with Gasteiger partial charge in [0, 0.05) is 38.6 Å². The largest absolute Gasteiger partial charge is 0.357 e. The Labute approximate surface area is 161 Å². The van der Waals surface area contributed by atoms with Crippen molar-refractivity contribution in [3.05, 3.63) is 48.3 Å². The molecule has 1 aromatic heterocycles. The fourth-order valence-electron chi connectivity index (χ4n) is 2.43. The van der Waals surface area contributed by atoms with Crippen molar-refractivity contribution in [1.82, 2.24) is 25.1 Å². The quantitative estimate of drug-likeness (QED) is 0.317. The molecule has 0 atom stereocenters. The lowest BCUT2D eigenvalue weighted by Crippen LogP contribution is -2.38. The first kappa shape index (κ1) is 20.9. The number of hydrogen-bond donors (Lipinski definition) is 3. The minimum Gasteiger partial charge on any atom is -0.357 e. The topological polar surface area (TPSA) is 100 Å². The summed E-state index contributed by atoms with van der Waals surface area (Å²) in [5.41, 5.74) is 2.26. The van der Waals surface area contributed by atoms with Crippen LogP contribution in [0.1, 0.15) is 18.9 Å². The summed E-state index contributed by atoms with van der Waals surface area (Å²) in [6.07, 6.45) is 6.36. The molecule has 0 saturated carbocycles. The van der Waals surface area contributed by atoms with E-state index in [4.69, 9.17) is 0 Å². The molecule has 8 nitrogen and oxygen atoms in total. The molecule has 1 aromatic carbocycles. The van der Waals surface area contributed by atoms with Crippen molar-refractivity contribution >= 4 is 16.0 Å². The minimum absolute atomic E-state index is 0.393. The summed E-state index contributed by atoms with van der Waals surface area (Å²) in [6.45, 7) is 4.48. The second kappa shape index (κ2) is 10.7. The molecule has 3 N–H and O–H groups in total. The Morgan fingerprint density at radius 2 is 1.96 bits per heavy atom. The zero-order valence-electron chi connectivity index (χ0n) is 15.9. The molecule has 148 valence electrons. The Kier molecular flexibility index (Phi) is 8.28. The van der Waals surface area contributed by atoms with Crippen LogP contribution in [0.3, 0.4) is 0 Å². The summed E-state index contributed by atoms with van der Waals surface area (Å²) in [7, 11) is -3.13. The van der Waals surface area contributed by atoms with E-state index in [1.165, 1.54) is 5.56 Å². The van der Waals surface area contributed by atoms with Gasteiger partial charge in [0.15, 0.2) is 5.96 Å². The Hall–Kier alpha value is -2.39. The van der Waals surface area contributed by atoms with E-state index in [2.05, 4.69) is 49.7 Å². The Morgan fingerprint density at radius 3 is 2.59 bits per heavy atom. The van der Waals surface area contributed by atoms with E-state index in [-0.39, 0.29) is 0 Å². The first-order valence-electron chi connectivity index (χ1n) is 9.03. The van der Waals surface area contributed by atoms with Gasteiger partial charge >= 0.3 is 0 Å². The Bertz CT molecular complexity index is 801. The Morgan fingerprint density at radius 1 is 1.19 bits per heavy atom. The number of benzene rings is 1. The molecular formula is C18H28N6O2S. The number of aromatic nitrogens is 2. The van der Waals surface area contributed by atoms with Gasteiger partial charge in [0.1, 0.15) is 0 Å². The van der Waals surface area contributed by atoms with Crippen LogP contribution in [0.5, 0.6) is 0 Å². The summed E-state index contributed by atoms with van der Waals surface area (Å²) >= 11 is 0. The van der Waals surface area contributed by atoms with Crippen molar-refractivity contribution < 1.29 is 8.42 Å². The van der Waals surface area contributed by atoms with Crippen LogP contribution in [0.15, 0.2) is 47.7 Å². The van der Waals surface area contributed by atoms with E-state index >= 15 is 0 Å². The van der Waals surface area contributed by atoms with Gasteiger partial charge < -0.3 is 10.6 Å². The molecule has 2 aromatic rings. The number of nitrogens with one attached hydrogen (secondary N) is 3. The number of guanidine groups is 1. The standard InChI is InChI=1S/C18H28N6O2S/c1-3-19-18(20-11-4-13-23-27(2,25)26)21-14-10-16-6-8-17(9-7-16)24-15-5-12-22-24/h5-9,12,15,23H,3-4,10-11,13-14H2,1-2H3,(H2,19,20,21). The fourth-order valence-corrected chi connectivity index (χ4v) is 2.95. The molecule has 2 rings (SSSR count). The average molecular weight is 393 g/mol. The SMILES string of the molecule is CCNC(=NCCCNS(C)(=O)=O)NCCc1ccc(-n2cccn2)cc1. The van der Waals surface area contributed by atoms with Crippen LogP contribution < -0.4 is 15.4 Å². The smallest absolute Gasteiger partial charge is 0.208 e. The lowest BCUT2D eigenvalue weighted by atomic mass is 10.1. The zero-order valence-corrected chi connectivity index (χ0v) is 16.7. The van der Waals surface area contributed by atoms with Crippen molar-refractivity contribution in [1.29, 1.82) is 0 Å². The lowest BCUT2D eigenvalue weighted by Gasteiger charge is -2.11. The number of rotatable bonds is 10. The summed E-state index contributed by atoms with van der Waals surface area (Å²) in [5.74, 6) is 0.741. The third kappa shape index (κ3) is 8.23. The summed E-state index contributed by atoms with van der Waals surface area (Å²) in [6, 6.07) is 10.2. The van der Waals surface area contributed by atoms with Crippen molar-refractivity contribution in [3.8, 4) is 5.69 Å². The van der Waals surface area contributed by atoms with Crippen LogP contribution in [0.4, 0.5) is 0 Å². The minimum atomic E-state index is -3.13. The first-order valence-corrected chi connectivity index (χ1v) is 10.9. The van der Waals surface area contributed by atoms with Crippen molar-refractivity contribution in [3.63, 3.8) is 0 Å². The van der Waals surface area contributed by atoms with Gasteiger partial charge in [0.25, 0.3) is 0 Å². The fraction of sp³-hybridized carbons (Fsp3) is 0.444. The molecule has 9 heteroatoms. The maximum atomic E-state index is 11.0. The molecular weight excluding hydrogens is 364 g/mol. The van der Waals surface area contributed by atoms with Crippen LogP contribution in [0.25, 0.3) is 5.69 Å². The normalized spacial score (nSPS) is 12.1. The molecule has 0 aliphatic carbocycles. The predicted octanol–water partition coefficient (Wildman–Crippen LogP) is 0.909. The van der Waals surface area contributed by atoms with E-state index in [9.17, 15) is 8.42 Å². The van der Waals surface area contributed by atoms with Crippen LogP contribution in [-0.4, -0.2) is 56.6 Å².